The predicted octanol–water partition coefficient (Wildman–Crippen LogP) is 8.91. The lowest BCUT2D eigenvalue weighted by Gasteiger charge is -2.55. The fraction of sp³-hybridized carbons (Fsp3) is 0.619. The SMILES string of the molecule is COc1ccc(C23CCC(CN(C(=O)C4CCC(OC(=O)NC5CCOCC5)CC4)c4cc(-c5cnc(C(C)(C)C)s5)ccn4)(CC2)CC3)cc1C. The number of amides is 2. The molecule has 4 saturated carbocycles. The highest BCUT2D eigenvalue weighted by Gasteiger charge is 2.51. The summed E-state index contributed by atoms with van der Waals surface area (Å²) in [5.41, 5.74) is 3.88. The van der Waals surface area contributed by atoms with Gasteiger partial charge >= 0.3 is 6.09 Å². The molecule has 0 unspecified atom stereocenters. The second kappa shape index (κ2) is 15.1. The van der Waals surface area contributed by atoms with Crippen molar-refractivity contribution in [3.05, 3.63) is 58.9 Å². The van der Waals surface area contributed by atoms with E-state index in [1.54, 1.807) is 18.4 Å². The van der Waals surface area contributed by atoms with Crippen LogP contribution in [0.3, 0.4) is 0 Å². The minimum atomic E-state index is -0.350. The van der Waals surface area contributed by atoms with Crippen molar-refractivity contribution in [3.63, 3.8) is 0 Å². The number of alkyl carbamates (subject to hydrolysis) is 1. The molecule has 3 aromatic rings. The quantitative estimate of drug-likeness (QED) is 0.235. The van der Waals surface area contributed by atoms with Gasteiger partial charge in [-0.2, -0.15) is 0 Å². The third-order valence-corrected chi connectivity index (χ3v) is 13.9. The minimum absolute atomic E-state index is 0.0320. The number of carbonyl (C=O) groups excluding carboxylic acids is 2. The highest BCUT2D eigenvalue weighted by molar-refractivity contribution is 7.15. The number of carbonyl (C=O) groups is 2. The Morgan fingerprint density at radius 3 is 2.31 bits per heavy atom. The topological polar surface area (TPSA) is 103 Å². The van der Waals surface area contributed by atoms with E-state index in [0.717, 1.165) is 78.4 Å². The van der Waals surface area contributed by atoms with Gasteiger partial charge in [-0.05, 0) is 130 Å². The molecule has 1 N–H and O–H groups in total. The summed E-state index contributed by atoms with van der Waals surface area (Å²) in [6, 6.07) is 11.0. The molecule has 5 aliphatic rings. The number of ether oxygens (including phenoxy) is 3. The summed E-state index contributed by atoms with van der Waals surface area (Å²) in [6.45, 7) is 10.7. The van der Waals surface area contributed by atoms with E-state index in [1.807, 2.05) is 23.4 Å². The highest BCUT2D eigenvalue weighted by Crippen LogP contribution is 2.58. The summed E-state index contributed by atoms with van der Waals surface area (Å²) in [7, 11) is 1.74. The van der Waals surface area contributed by atoms with Crippen LogP contribution in [0.5, 0.6) is 5.75 Å². The van der Waals surface area contributed by atoms with E-state index in [4.69, 9.17) is 24.2 Å². The van der Waals surface area contributed by atoms with Crippen molar-refractivity contribution < 1.29 is 23.8 Å². The van der Waals surface area contributed by atoms with Gasteiger partial charge in [0.2, 0.25) is 5.91 Å². The lowest BCUT2D eigenvalue weighted by Crippen LogP contribution is -2.52. The number of nitrogens with zero attached hydrogens (tertiary/aromatic N) is 3. The number of fused-ring (bicyclic) bond motifs is 3. The molecule has 4 aliphatic carbocycles. The normalized spacial score (nSPS) is 26.5. The fourth-order valence-corrected chi connectivity index (χ4v) is 10.0. The summed E-state index contributed by atoms with van der Waals surface area (Å²) in [4.78, 5) is 40.1. The second-order valence-corrected chi connectivity index (χ2v) is 18.0. The number of aryl methyl sites for hydroxylation is 1. The summed E-state index contributed by atoms with van der Waals surface area (Å²) >= 11 is 1.71. The van der Waals surface area contributed by atoms with Crippen LogP contribution in [-0.4, -0.2) is 61.0 Å². The molecule has 0 radical (unpaired) electrons. The van der Waals surface area contributed by atoms with Crippen LogP contribution in [0.4, 0.5) is 10.6 Å². The predicted molar refractivity (Wildman–Crippen MR) is 205 cm³/mol. The van der Waals surface area contributed by atoms with Gasteiger partial charge in [-0.1, -0.05) is 32.9 Å². The van der Waals surface area contributed by atoms with Crippen molar-refractivity contribution in [3.8, 4) is 16.2 Å². The third kappa shape index (κ3) is 7.88. The Morgan fingerprint density at radius 2 is 1.67 bits per heavy atom. The number of rotatable bonds is 9. The van der Waals surface area contributed by atoms with Gasteiger partial charge in [-0.3, -0.25) is 9.69 Å². The molecule has 2 aromatic heterocycles. The molecule has 10 heteroatoms. The van der Waals surface area contributed by atoms with E-state index < -0.39 is 0 Å². The zero-order chi connectivity index (χ0) is 36.5. The first kappa shape index (κ1) is 36.8. The van der Waals surface area contributed by atoms with E-state index in [-0.39, 0.29) is 46.3 Å². The molecule has 0 atom stereocenters. The maximum absolute atomic E-state index is 14.7. The number of thiazole rings is 1. The summed E-state index contributed by atoms with van der Waals surface area (Å²) < 4.78 is 16.8. The van der Waals surface area contributed by atoms with Crippen molar-refractivity contribution in [2.45, 2.75) is 128 Å². The van der Waals surface area contributed by atoms with Gasteiger partial charge in [0.05, 0.1) is 17.0 Å². The maximum Gasteiger partial charge on any atom is 0.407 e. The number of hydrogen-bond acceptors (Lipinski definition) is 8. The molecule has 8 rings (SSSR count). The summed E-state index contributed by atoms with van der Waals surface area (Å²) in [5.74, 6) is 1.68. The van der Waals surface area contributed by atoms with Crippen LogP contribution in [0.15, 0.2) is 42.7 Å². The van der Waals surface area contributed by atoms with E-state index in [2.05, 4.69) is 57.3 Å². The molecule has 280 valence electrons. The van der Waals surface area contributed by atoms with E-state index in [0.29, 0.717) is 45.4 Å². The fourth-order valence-electron chi connectivity index (χ4n) is 9.06. The van der Waals surface area contributed by atoms with Crippen LogP contribution in [0, 0.1) is 18.3 Å². The van der Waals surface area contributed by atoms with Gasteiger partial charge in [0, 0.05) is 49.5 Å². The van der Waals surface area contributed by atoms with Gasteiger partial charge < -0.3 is 19.5 Å². The average Bonchev–Trinajstić information content (AvgIpc) is 3.67. The van der Waals surface area contributed by atoms with Gasteiger partial charge in [0.25, 0.3) is 0 Å². The van der Waals surface area contributed by atoms with Gasteiger partial charge in [-0.25, -0.2) is 14.8 Å². The van der Waals surface area contributed by atoms with Crippen LogP contribution in [0.25, 0.3) is 10.4 Å². The molecule has 1 aromatic carbocycles. The third-order valence-electron chi connectivity index (χ3n) is 12.5. The number of anilines is 1. The smallest absolute Gasteiger partial charge is 0.407 e. The first-order valence-corrected chi connectivity index (χ1v) is 20.2. The second-order valence-electron chi connectivity index (χ2n) is 17.0. The molecular weight excluding hydrogens is 673 g/mol. The van der Waals surface area contributed by atoms with E-state index >= 15 is 0 Å². The number of benzene rings is 1. The van der Waals surface area contributed by atoms with Crippen LogP contribution < -0.4 is 15.0 Å². The number of hydrogen-bond donors (Lipinski definition) is 1. The van der Waals surface area contributed by atoms with Crippen LogP contribution in [0.2, 0.25) is 0 Å². The molecule has 2 amide bonds. The molecule has 2 bridgehead atoms. The monoisotopic (exact) mass is 728 g/mol. The molecule has 9 nitrogen and oxygen atoms in total. The standard InChI is InChI=1S/C42H56N4O5S/c1-28-24-31(8-11-34(28)49-5)42-18-15-41(16-19-42,17-20-42)27-46(36-25-30(12-21-43-36)35-26-44-38(52-35)40(2,3)4)37(47)29-6-9-33(10-7-29)51-39(48)45-32-13-22-50-23-14-32/h8,11-12,21,24-26,29,32-33H,6-7,9-10,13-20,22-23,27H2,1-5H3,(H,45,48). The Labute approximate surface area is 313 Å². The van der Waals surface area contributed by atoms with Crippen molar-refractivity contribution in [2.24, 2.45) is 11.3 Å². The van der Waals surface area contributed by atoms with Gasteiger partial charge in [0.15, 0.2) is 0 Å². The Hall–Kier alpha value is -3.50. The van der Waals surface area contributed by atoms with Crippen molar-refractivity contribution in [2.75, 3.05) is 31.8 Å². The van der Waals surface area contributed by atoms with Gasteiger partial charge in [-0.15, -0.1) is 11.3 Å². The Bertz CT molecular complexity index is 1710. The summed E-state index contributed by atoms with van der Waals surface area (Å²) in [6.07, 6.45) is 14.3. The molecule has 3 heterocycles. The molecule has 5 fully saturated rings. The lowest BCUT2D eigenvalue weighted by molar-refractivity contribution is -0.124. The number of methoxy groups -OCH3 is 1. The van der Waals surface area contributed by atoms with Gasteiger partial charge in [0.1, 0.15) is 17.7 Å². The molecule has 1 aliphatic heterocycles. The lowest BCUT2D eigenvalue weighted by atomic mass is 9.51. The first-order chi connectivity index (χ1) is 25.0. The van der Waals surface area contributed by atoms with Crippen molar-refractivity contribution in [1.29, 1.82) is 0 Å². The number of pyridine rings is 1. The van der Waals surface area contributed by atoms with Crippen LogP contribution in [-0.2, 0) is 25.1 Å². The number of nitrogens with one attached hydrogen (secondary N) is 1. The largest absolute Gasteiger partial charge is 0.496 e. The Morgan fingerprint density at radius 1 is 0.962 bits per heavy atom. The minimum Gasteiger partial charge on any atom is -0.496 e. The highest BCUT2D eigenvalue weighted by atomic mass is 32.1. The molecule has 0 spiro atoms. The zero-order valence-electron chi connectivity index (χ0n) is 31.7. The van der Waals surface area contributed by atoms with Crippen LogP contribution >= 0.6 is 11.3 Å². The summed E-state index contributed by atoms with van der Waals surface area (Å²) in [5, 5.41) is 4.11. The van der Waals surface area contributed by atoms with Crippen molar-refractivity contribution >= 4 is 29.2 Å². The van der Waals surface area contributed by atoms with E-state index in [9.17, 15) is 9.59 Å². The Kier molecular flexibility index (Phi) is 10.7. The molecular formula is C42H56N4O5S. The molecule has 52 heavy (non-hydrogen) atoms. The first-order valence-electron chi connectivity index (χ1n) is 19.4. The average molecular weight is 729 g/mol. The van der Waals surface area contributed by atoms with Crippen molar-refractivity contribution in [1.82, 2.24) is 15.3 Å². The zero-order valence-corrected chi connectivity index (χ0v) is 32.5. The van der Waals surface area contributed by atoms with E-state index in [1.165, 1.54) is 11.1 Å². The maximum atomic E-state index is 14.7. The number of aromatic nitrogens is 2. The molecule has 1 saturated heterocycles. The van der Waals surface area contributed by atoms with Crippen LogP contribution in [0.1, 0.15) is 114 Å². The Balaban J connectivity index is 1.08.